The fourth-order valence-electron chi connectivity index (χ4n) is 3.35. The molecule has 4 nitrogen and oxygen atoms in total. The molecule has 0 spiro atoms. The lowest BCUT2D eigenvalue weighted by Crippen LogP contribution is -2.28. The predicted molar refractivity (Wildman–Crippen MR) is 103 cm³/mol. The molecule has 2 aromatic carbocycles. The summed E-state index contributed by atoms with van der Waals surface area (Å²) in [5, 5.41) is 0. The van der Waals surface area contributed by atoms with Crippen molar-refractivity contribution >= 4 is 11.6 Å². The third-order valence-corrected chi connectivity index (χ3v) is 4.65. The smallest absolute Gasteiger partial charge is 0.258 e. The largest absolute Gasteiger partial charge is 0.494 e. The number of hydrogen-bond donors (Lipinski definition) is 0. The Morgan fingerprint density at radius 2 is 1.81 bits per heavy atom. The van der Waals surface area contributed by atoms with Crippen LogP contribution in [0.4, 0.5) is 5.69 Å². The molecule has 1 aliphatic rings. The van der Waals surface area contributed by atoms with E-state index in [4.69, 9.17) is 4.74 Å². The van der Waals surface area contributed by atoms with Gasteiger partial charge in [0.1, 0.15) is 5.75 Å². The number of fused-ring (bicyclic) bond motifs is 1. The molecular weight excluding hydrogens is 324 g/mol. The van der Waals surface area contributed by atoms with Crippen LogP contribution in [0.1, 0.15) is 22.8 Å². The van der Waals surface area contributed by atoms with Crippen molar-refractivity contribution in [3.05, 3.63) is 78.1 Å². The molecule has 3 aromatic rings. The molecule has 26 heavy (non-hydrogen) atoms. The van der Waals surface area contributed by atoms with Crippen LogP contribution in [-0.2, 0) is 6.42 Å². The molecule has 0 saturated carbocycles. The van der Waals surface area contributed by atoms with Gasteiger partial charge in [-0.15, -0.1) is 0 Å². The molecule has 4 heteroatoms. The molecule has 0 fully saturated rings. The van der Waals surface area contributed by atoms with Gasteiger partial charge in [0.05, 0.1) is 6.61 Å². The Balaban J connectivity index is 1.58. The molecule has 2 heterocycles. The number of nitrogens with zero attached hydrogens (tertiary/aromatic N) is 2. The number of anilines is 1. The van der Waals surface area contributed by atoms with Gasteiger partial charge in [0.15, 0.2) is 0 Å². The summed E-state index contributed by atoms with van der Waals surface area (Å²) in [7, 11) is 0. The SMILES string of the molecule is CCOc1ccc(C(=O)N2CCc3cc(-c4ccncc4)ccc32)cc1. The predicted octanol–water partition coefficient (Wildman–Crippen LogP) is 4.35. The van der Waals surface area contributed by atoms with E-state index in [2.05, 4.69) is 17.1 Å². The Morgan fingerprint density at radius 1 is 1.04 bits per heavy atom. The topological polar surface area (TPSA) is 42.4 Å². The quantitative estimate of drug-likeness (QED) is 0.707. The molecule has 0 N–H and O–H groups in total. The maximum absolute atomic E-state index is 12.9. The molecule has 1 aliphatic heterocycles. The number of carbonyl (C=O) groups is 1. The number of pyridine rings is 1. The zero-order valence-electron chi connectivity index (χ0n) is 14.7. The lowest BCUT2D eigenvalue weighted by molar-refractivity contribution is 0.0989. The standard InChI is InChI=1S/C22H20N2O2/c1-2-26-20-6-3-17(4-7-20)22(25)24-14-11-19-15-18(5-8-21(19)24)16-9-12-23-13-10-16/h3-10,12-13,15H,2,11,14H2,1H3. The van der Waals surface area contributed by atoms with E-state index in [-0.39, 0.29) is 5.91 Å². The molecule has 0 bridgehead atoms. The van der Waals surface area contributed by atoms with Crippen LogP contribution in [0.3, 0.4) is 0 Å². The van der Waals surface area contributed by atoms with Gasteiger partial charge in [0, 0.05) is 30.2 Å². The zero-order valence-corrected chi connectivity index (χ0v) is 14.7. The van der Waals surface area contributed by atoms with E-state index in [0.29, 0.717) is 18.7 Å². The number of carbonyl (C=O) groups excluding carboxylic acids is 1. The van der Waals surface area contributed by atoms with Crippen molar-refractivity contribution in [3.63, 3.8) is 0 Å². The minimum Gasteiger partial charge on any atom is -0.494 e. The Labute approximate surface area is 153 Å². The number of amides is 1. The first-order valence-corrected chi connectivity index (χ1v) is 8.84. The van der Waals surface area contributed by atoms with E-state index in [0.717, 1.165) is 29.0 Å². The van der Waals surface area contributed by atoms with Crippen LogP contribution in [0.2, 0.25) is 0 Å². The van der Waals surface area contributed by atoms with Gasteiger partial charge in [-0.25, -0.2) is 0 Å². The first-order valence-electron chi connectivity index (χ1n) is 8.84. The van der Waals surface area contributed by atoms with Crippen molar-refractivity contribution in [1.82, 2.24) is 4.98 Å². The van der Waals surface area contributed by atoms with E-state index in [9.17, 15) is 4.79 Å². The number of hydrogen-bond acceptors (Lipinski definition) is 3. The first kappa shape index (κ1) is 16.3. The average molecular weight is 344 g/mol. The van der Waals surface area contributed by atoms with Crippen LogP contribution in [-0.4, -0.2) is 24.0 Å². The van der Waals surface area contributed by atoms with Gasteiger partial charge in [-0.05, 0) is 78.6 Å². The van der Waals surface area contributed by atoms with Crippen molar-refractivity contribution < 1.29 is 9.53 Å². The molecule has 0 saturated heterocycles. The Hall–Kier alpha value is -3.14. The molecule has 0 unspecified atom stereocenters. The number of aromatic nitrogens is 1. The van der Waals surface area contributed by atoms with Crippen molar-refractivity contribution in [2.45, 2.75) is 13.3 Å². The molecule has 1 aromatic heterocycles. The third-order valence-electron chi connectivity index (χ3n) is 4.65. The highest BCUT2D eigenvalue weighted by molar-refractivity contribution is 6.07. The van der Waals surface area contributed by atoms with E-state index < -0.39 is 0 Å². The zero-order chi connectivity index (χ0) is 17.9. The second kappa shape index (κ2) is 7.00. The van der Waals surface area contributed by atoms with Crippen LogP contribution < -0.4 is 9.64 Å². The van der Waals surface area contributed by atoms with Gasteiger partial charge in [0.25, 0.3) is 5.91 Å². The lowest BCUT2D eigenvalue weighted by atomic mass is 10.0. The van der Waals surface area contributed by atoms with Crippen molar-refractivity contribution in [1.29, 1.82) is 0 Å². The maximum atomic E-state index is 12.9. The van der Waals surface area contributed by atoms with Gasteiger partial charge < -0.3 is 9.64 Å². The highest BCUT2D eigenvalue weighted by Gasteiger charge is 2.25. The van der Waals surface area contributed by atoms with E-state index in [1.54, 1.807) is 12.4 Å². The van der Waals surface area contributed by atoms with Crippen LogP contribution in [0, 0.1) is 0 Å². The normalized spacial score (nSPS) is 12.7. The van der Waals surface area contributed by atoms with Gasteiger partial charge >= 0.3 is 0 Å². The molecule has 0 radical (unpaired) electrons. The lowest BCUT2D eigenvalue weighted by Gasteiger charge is -2.18. The minimum atomic E-state index is 0.0310. The molecule has 4 rings (SSSR count). The minimum absolute atomic E-state index is 0.0310. The van der Waals surface area contributed by atoms with E-state index >= 15 is 0 Å². The Morgan fingerprint density at radius 3 is 2.54 bits per heavy atom. The van der Waals surface area contributed by atoms with Crippen LogP contribution in [0.25, 0.3) is 11.1 Å². The van der Waals surface area contributed by atoms with Crippen molar-refractivity contribution in [3.8, 4) is 16.9 Å². The average Bonchev–Trinajstić information content (AvgIpc) is 3.12. The fraction of sp³-hybridized carbons (Fsp3) is 0.182. The highest BCUT2D eigenvalue weighted by Crippen LogP contribution is 2.33. The Bertz CT molecular complexity index is 921. The molecule has 1 amide bonds. The number of rotatable bonds is 4. The molecule has 130 valence electrons. The van der Waals surface area contributed by atoms with E-state index in [1.807, 2.05) is 54.3 Å². The molecule has 0 aliphatic carbocycles. The van der Waals surface area contributed by atoms with Crippen LogP contribution >= 0.6 is 0 Å². The van der Waals surface area contributed by atoms with Crippen LogP contribution in [0.15, 0.2) is 67.0 Å². The fourth-order valence-corrected chi connectivity index (χ4v) is 3.35. The summed E-state index contributed by atoms with van der Waals surface area (Å²) in [5.74, 6) is 0.816. The van der Waals surface area contributed by atoms with Crippen molar-refractivity contribution in [2.75, 3.05) is 18.1 Å². The second-order valence-corrected chi connectivity index (χ2v) is 6.24. The van der Waals surface area contributed by atoms with Crippen molar-refractivity contribution in [2.24, 2.45) is 0 Å². The summed E-state index contributed by atoms with van der Waals surface area (Å²) in [4.78, 5) is 18.8. The first-order chi connectivity index (χ1) is 12.8. The number of ether oxygens (including phenoxy) is 1. The van der Waals surface area contributed by atoms with Gasteiger partial charge in [-0.1, -0.05) is 6.07 Å². The Kier molecular flexibility index (Phi) is 4.40. The summed E-state index contributed by atoms with van der Waals surface area (Å²) < 4.78 is 5.45. The number of benzene rings is 2. The maximum Gasteiger partial charge on any atom is 0.258 e. The van der Waals surface area contributed by atoms with Crippen LogP contribution in [0.5, 0.6) is 5.75 Å². The second-order valence-electron chi connectivity index (χ2n) is 6.24. The van der Waals surface area contributed by atoms with Gasteiger partial charge in [0.2, 0.25) is 0 Å². The summed E-state index contributed by atoms with van der Waals surface area (Å²) in [6, 6.07) is 17.6. The molecule has 0 atom stereocenters. The van der Waals surface area contributed by atoms with E-state index in [1.165, 1.54) is 5.56 Å². The third kappa shape index (κ3) is 3.06. The highest BCUT2D eigenvalue weighted by atomic mass is 16.5. The summed E-state index contributed by atoms with van der Waals surface area (Å²) in [6.45, 7) is 3.27. The molecular formula is C22H20N2O2. The summed E-state index contributed by atoms with van der Waals surface area (Å²) >= 11 is 0. The van der Waals surface area contributed by atoms with Gasteiger partial charge in [-0.2, -0.15) is 0 Å². The summed E-state index contributed by atoms with van der Waals surface area (Å²) in [6.07, 6.45) is 4.46. The monoisotopic (exact) mass is 344 g/mol. The van der Waals surface area contributed by atoms with Gasteiger partial charge in [-0.3, -0.25) is 9.78 Å². The summed E-state index contributed by atoms with van der Waals surface area (Å²) in [5.41, 5.74) is 5.18.